The second-order valence-electron chi connectivity index (χ2n) is 7.08. The lowest BCUT2D eigenvalue weighted by molar-refractivity contribution is -0.192. The molecule has 0 radical (unpaired) electrons. The molecule has 1 amide bonds. The lowest BCUT2D eigenvalue weighted by atomic mass is 9.97. The van der Waals surface area contributed by atoms with E-state index in [1.807, 2.05) is 0 Å². The minimum Gasteiger partial charge on any atom is -0.475 e. The van der Waals surface area contributed by atoms with E-state index in [1.165, 1.54) is 24.4 Å². The highest BCUT2D eigenvalue weighted by Gasteiger charge is 2.38. The first-order valence-corrected chi connectivity index (χ1v) is 10.9. The van der Waals surface area contributed by atoms with Gasteiger partial charge in [0.15, 0.2) is 5.69 Å². The van der Waals surface area contributed by atoms with Gasteiger partial charge in [-0.3, -0.25) is 9.73 Å². The number of benzene rings is 1. The van der Waals surface area contributed by atoms with Crippen molar-refractivity contribution in [2.45, 2.75) is 25.9 Å². The minimum atomic E-state index is -5.08. The van der Waals surface area contributed by atoms with Crippen LogP contribution in [-0.4, -0.2) is 64.2 Å². The number of carboxylic acid groups (broad SMARTS) is 1. The molecule has 2 heterocycles. The van der Waals surface area contributed by atoms with Crippen molar-refractivity contribution in [1.29, 1.82) is 0 Å². The van der Waals surface area contributed by atoms with Gasteiger partial charge in [-0.05, 0) is 70.4 Å². The molecule has 0 saturated carbocycles. The SMILES string of the molecule is CCN1CCCC(C(=O)Nc2nonc2/C=N/ONc2ccc(F)c(Br)c2)C1.O=C(O)C(F)(F)F. The zero-order valence-electron chi connectivity index (χ0n) is 18.2. The Balaban J connectivity index is 0.000000540. The van der Waals surface area contributed by atoms with Gasteiger partial charge in [0.2, 0.25) is 11.7 Å². The van der Waals surface area contributed by atoms with Gasteiger partial charge in [0, 0.05) is 6.54 Å². The number of nitrogens with zero attached hydrogens (tertiary/aromatic N) is 4. The maximum Gasteiger partial charge on any atom is 0.490 e. The van der Waals surface area contributed by atoms with Gasteiger partial charge in [0.05, 0.1) is 16.1 Å². The van der Waals surface area contributed by atoms with Crippen molar-refractivity contribution in [2.75, 3.05) is 30.4 Å². The smallest absolute Gasteiger partial charge is 0.475 e. The van der Waals surface area contributed by atoms with Crippen molar-refractivity contribution in [3.8, 4) is 0 Å². The monoisotopic (exact) mass is 568 g/mol. The fourth-order valence-electron chi connectivity index (χ4n) is 2.86. The first-order chi connectivity index (χ1) is 16.5. The van der Waals surface area contributed by atoms with Crippen LogP contribution in [0.25, 0.3) is 0 Å². The van der Waals surface area contributed by atoms with Gasteiger partial charge < -0.3 is 15.3 Å². The number of hydrogen-bond acceptors (Lipinski definition) is 9. The fraction of sp³-hybridized carbons (Fsp3) is 0.421. The zero-order chi connectivity index (χ0) is 26.0. The maximum atomic E-state index is 13.2. The number of oxime groups is 1. The molecule has 1 unspecified atom stereocenters. The first-order valence-electron chi connectivity index (χ1n) is 10.1. The van der Waals surface area contributed by atoms with E-state index in [-0.39, 0.29) is 29.2 Å². The third kappa shape index (κ3) is 9.12. The molecule has 0 aliphatic carbocycles. The molecule has 3 N–H and O–H groups in total. The summed E-state index contributed by atoms with van der Waals surface area (Å²) in [6.45, 7) is 4.73. The van der Waals surface area contributed by atoms with Crippen LogP contribution in [0, 0.1) is 11.7 Å². The van der Waals surface area contributed by atoms with Crippen LogP contribution in [0.4, 0.5) is 29.1 Å². The topological polar surface area (TPSA) is 142 Å². The Kier molecular flexibility index (Phi) is 10.4. The Bertz CT molecular complexity index is 1040. The molecule has 1 aliphatic rings. The van der Waals surface area contributed by atoms with E-state index in [4.69, 9.17) is 14.8 Å². The number of nitrogens with one attached hydrogen (secondary N) is 2. The van der Waals surface area contributed by atoms with Crippen LogP contribution in [0.3, 0.4) is 0 Å². The standard InChI is InChI=1S/C17H20BrFN6O3.C2HF3O2/c1-2-25-7-3-4-11(10-25)17(26)21-16-15(23-28-24-16)9-20-27-22-12-5-6-14(19)13(18)8-12;3-2(4,5)1(6)7/h5-6,8-9,11,22H,2-4,7,10H2,1H3,(H,21,24,26);(H,6,7)/b20-9+;. The molecule has 0 bridgehead atoms. The lowest BCUT2D eigenvalue weighted by Crippen LogP contribution is -2.40. The highest BCUT2D eigenvalue weighted by Crippen LogP contribution is 2.20. The van der Waals surface area contributed by atoms with Crippen LogP contribution in [-0.2, 0) is 14.5 Å². The quantitative estimate of drug-likeness (QED) is 0.259. The maximum absolute atomic E-state index is 13.2. The molecule has 11 nitrogen and oxygen atoms in total. The van der Waals surface area contributed by atoms with Gasteiger partial charge >= 0.3 is 12.1 Å². The van der Waals surface area contributed by atoms with Gasteiger partial charge in [-0.25, -0.2) is 13.8 Å². The molecule has 192 valence electrons. The first kappa shape index (κ1) is 28.0. The number of likely N-dealkylation sites (tertiary alicyclic amines) is 1. The number of halogens is 5. The van der Waals surface area contributed by atoms with Crippen LogP contribution in [0.1, 0.15) is 25.5 Å². The third-order valence-corrected chi connectivity index (χ3v) is 5.24. The van der Waals surface area contributed by atoms with E-state index in [0.29, 0.717) is 10.2 Å². The largest absolute Gasteiger partial charge is 0.490 e. The van der Waals surface area contributed by atoms with Crippen molar-refractivity contribution in [3.63, 3.8) is 0 Å². The highest BCUT2D eigenvalue weighted by molar-refractivity contribution is 9.10. The molecule has 1 saturated heterocycles. The summed E-state index contributed by atoms with van der Waals surface area (Å²) >= 11 is 3.08. The Labute approximate surface area is 204 Å². The number of rotatable bonds is 7. The number of aliphatic carboxylic acids is 1. The number of piperidine rings is 1. The minimum absolute atomic E-state index is 0.106. The zero-order valence-corrected chi connectivity index (χ0v) is 19.8. The number of carbonyl (C=O) groups is 2. The molecule has 35 heavy (non-hydrogen) atoms. The summed E-state index contributed by atoms with van der Waals surface area (Å²) in [6, 6.07) is 4.26. The van der Waals surface area contributed by atoms with Gasteiger partial charge in [0.25, 0.3) is 0 Å². The van der Waals surface area contributed by atoms with E-state index in [9.17, 15) is 22.4 Å². The summed E-state index contributed by atoms with van der Waals surface area (Å²) in [5.41, 5.74) is 3.25. The van der Waals surface area contributed by atoms with Gasteiger partial charge in [-0.2, -0.15) is 18.7 Å². The van der Waals surface area contributed by atoms with E-state index >= 15 is 0 Å². The van der Waals surface area contributed by atoms with Crippen LogP contribution >= 0.6 is 15.9 Å². The Morgan fingerprint density at radius 3 is 2.74 bits per heavy atom. The molecule has 0 spiro atoms. The second-order valence-corrected chi connectivity index (χ2v) is 7.93. The summed E-state index contributed by atoms with van der Waals surface area (Å²) in [6.07, 6.45) is -2.02. The van der Waals surface area contributed by atoms with E-state index in [1.54, 1.807) is 0 Å². The Morgan fingerprint density at radius 2 is 2.11 bits per heavy atom. The van der Waals surface area contributed by atoms with Crippen LogP contribution in [0.5, 0.6) is 0 Å². The van der Waals surface area contributed by atoms with E-state index < -0.39 is 12.1 Å². The number of carboxylic acids is 1. The van der Waals surface area contributed by atoms with Gasteiger partial charge in [0.1, 0.15) is 12.0 Å². The summed E-state index contributed by atoms with van der Waals surface area (Å²) in [5, 5.41) is 20.9. The van der Waals surface area contributed by atoms with Gasteiger partial charge in [-0.1, -0.05) is 12.1 Å². The molecule has 1 atom stereocenters. The van der Waals surface area contributed by atoms with Crippen LogP contribution in [0.15, 0.2) is 32.5 Å². The second kappa shape index (κ2) is 13.0. The van der Waals surface area contributed by atoms with E-state index in [0.717, 1.165) is 32.5 Å². The molecule has 3 rings (SSSR count). The molecule has 1 aromatic carbocycles. The molecule has 1 aromatic heterocycles. The predicted molar refractivity (Wildman–Crippen MR) is 118 cm³/mol. The molecule has 16 heteroatoms. The fourth-order valence-corrected chi connectivity index (χ4v) is 3.24. The summed E-state index contributed by atoms with van der Waals surface area (Å²) in [5.74, 6) is -3.20. The number of carbonyl (C=O) groups excluding carboxylic acids is 1. The van der Waals surface area contributed by atoms with Crippen LogP contribution in [0.2, 0.25) is 0 Å². The van der Waals surface area contributed by atoms with Gasteiger partial charge in [-0.15, -0.1) is 0 Å². The molecular weight excluding hydrogens is 548 g/mol. The number of amides is 1. The molecule has 1 fully saturated rings. The average molecular weight is 569 g/mol. The average Bonchev–Trinajstić information content (AvgIpc) is 3.25. The highest BCUT2D eigenvalue weighted by atomic mass is 79.9. The number of anilines is 2. The van der Waals surface area contributed by atoms with E-state index in [2.05, 4.69) is 58.6 Å². The third-order valence-electron chi connectivity index (χ3n) is 4.63. The number of alkyl halides is 3. The van der Waals surface area contributed by atoms with Crippen LogP contribution < -0.4 is 10.8 Å². The summed E-state index contributed by atoms with van der Waals surface area (Å²) in [4.78, 5) is 28.6. The van der Waals surface area contributed by atoms with Crippen molar-refractivity contribution in [1.82, 2.24) is 15.2 Å². The number of aromatic nitrogens is 2. The molecule has 1 aliphatic heterocycles. The number of hydrogen-bond donors (Lipinski definition) is 3. The molecular formula is C19H21BrF4N6O5. The summed E-state index contributed by atoms with van der Waals surface area (Å²) < 4.78 is 49.9. The van der Waals surface area contributed by atoms with Crippen molar-refractivity contribution in [2.24, 2.45) is 11.1 Å². The summed E-state index contributed by atoms with van der Waals surface area (Å²) in [7, 11) is 0. The Hall–Kier alpha value is -3.27. The van der Waals surface area contributed by atoms with Crippen molar-refractivity contribution >= 4 is 45.5 Å². The normalized spacial score (nSPS) is 16.3. The van der Waals surface area contributed by atoms with Crippen molar-refractivity contribution < 1.29 is 41.8 Å². The van der Waals surface area contributed by atoms with Crippen molar-refractivity contribution in [3.05, 3.63) is 34.2 Å². The Morgan fingerprint density at radius 1 is 1.40 bits per heavy atom. The molecule has 2 aromatic rings. The lowest BCUT2D eigenvalue weighted by Gasteiger charge is -2.30. The predicted octanol–water partition coefficient (Wildman–Crippen LogP) is 3.65.